The quantitative estimate of drug-likeness (QED) is 0.480. The number of allylic oxidation sites excluding steroid dienone is 3. The molecule has 0 heterocycles. The average molecular weight is 302 g/mol. The molecule has 2 heteroatoms. The van der Waals surface area contributed by atoms with Crippen LogP contribution in [0.4, 0.5) is 0 Å². The van der Waals surface area contributed by atoms with Gasteiger partial charge in [0, 0.05) is 6.61 Å². The molecule has 4 bridgehead atoms. The van der Waals surface area contributed by atoms with Gasteiger partial charge in [-0.3, -0.25) is 0 Å². The van der Waals surface area contributed by atoms with E-state index in [0.717, 1.165) is 35.5 Å². The van der Waals surface area contributed by atoms with Crippen molar-refractivity contribution in [2.24, 2.45) is 41.4 Å². The van der Waals surface area contributed by atoms with Gasteiger partial charge in [0.1, 0.15) is 6.10 Å². The summed E-state index contributed by atoms with van der Waals surface area (Å²) in [5.41, 5.74) is 2.56. The molecule has 4 saturated carbocycles. The van der Waals surface area contributed by atoms with E-state index in [2.05, 4.69) is 26.8 Å². The zero-order valence-corrected chi connectivity index (χ0v) is 14.2. The molecule has 8 unspecified atom stereocenters. The number of fused-ring (bicyclic) bond motifs is 9. The van der Waals surface area contributed by atoms with Crippen molar-refractivity contribution in [1.29, 1.82) is 0 Å². The lowest BCUT2D eigenvalue weighted by atomic mass is 9.70. The van der Waals surface area contributed by atoms with Crippen LogP contribution in [0.25, 0.3) is 0 Å². The molecule has 0 amide bonds. The first-order chi connectivity index (χ1) is 10.7. The summed E-state index contributed by atoms with van der Waals surface area (Å²) in [5.74, 6) is 5.65. The topological polar surface area (TPSA) is 29.5 Å². The second-order valence-electron chi connectivity index (χ2n) is 8.25. The van der Waals surface area contributed by atoms with E-state index in [1.54, 1.807) is 0 Å². The molecule has 4 fully saturated rings. The molecule has 4 rings (SSSR count). The third kappa shape index (κ3) is 1.95. The molecule has 1 N–H and O–H groups in total. The van der Waals surface area contributed by atoms with Gasteiger partial charge in [-0.15, -0.1) is 0 Å². The second-order valence-corrected chi connectivity index (χ2v) is 8.25. The minimum atomic E-state index is 0.423. The first kappa shape index (κ1) is 14.8. The van der Waals surface area contributed by atoms with Gasteiger partial charge in [0.15, 0.2) is 0 Å². The van der Waals surface area contributed by atoms with E-state index in [4.69, 9.17) is 4.74 Å². The molecule has 0 saturated heterocycles. The second kappa shape index (κ2) is 5.40. The molecule has 0 aromatic heterocycles. The maximum absolute atomic E-state index is 9.78. The highest BCUT2D eigenvalue weighted by Crippen LogP contribution is 2.69. The Hall–Kier alpha value is -0.760. The van der Waals surface area contributed by atoms with E-state index in [9.17, 15) is 5.11 Å². The van der Waals surface area contributed by atoms with Crippen molar-refractivity contribution in [3.63, 3.8) is 0 Å². The van der Waals surface area contributed by atoms with E-state index in [1.807, 2.05) is 6.26 Å². The lowest BCUT2D eigenvalue weighted by Gasteiger charge is -2.38. The Bertz CT molecular complexity index is 506. The zero-order valence-electron chi connectivity index (χ0n) is 14.2. The van der Waals surface area contributed by atoms with Gasteiger partial charge in [-0.25, -0.2) is 0 Å². The Morgan fingerprint density at radius 3 is 2.45 bits per heavy atom. The summed E-state index contributed by atoms with van der Waals surface area (Å²) in [6.07, 6.45) is 9.97. The summed E-state index contributed by atoms with van der Waals surface area (Å²) in [6.45, 7) is 6.80. The zero-order chi connectivity index (χ0) is 15.4. The molecule has 0 aromatic rings. The van der Waals surface area contributed by atoms with E-state index in [1.165, 1.54) is 36.8 Å². The molecule has 0 spiro atoms. The predicted molar refractivity (Wildman–Crippen MR) is 88.0 cm³/mol. The molecule has 0 radical (unpaired) electrons. The van der Waals surface area contributed by atoms with Gasteiger partial charge in [0.2, 0.25) is 0 Å². The Labute approximate surface area is 134 Å². The maximum atomic E-state index is 9.78. The number of ether oxygens (including phenoxy) is 1. The van der Waals surface area contributed by atoms with Crippen LogP contribution in [0.1, 0.15) is 46.5 Å². The van der Waals surface area contributed by atoms with Crippen LogP contribution >= 0.6 is 0 Å². The molecular formula is C20H30O2. The van der Waals surface area contributed by atoms with Crippen LogP contribution in [0.5, 0.6) is 0 Å². The number of hydrogen-bond acceptors (Lipinski definition) is 2. The molecule has 122 valence electrons. The van der Waals surface area contributed by atoms with Crippen molar-refractivity contribution in [2.75, 3.05) is 6.61 Å². The Morgan fingerprint density at radius 1 is 1.05 bits per heavy atom. The third-order valence-corrected chi connectivity index (χ3v) is 7.68. The first-order valence-corrected chi connectivity index (χ1v) is 9.22. The standard InChI is InChI=1S/C20H30O2/c1-4-11(2)12(3)10-22-18-8-13-7-16(18)20-15-6-5-14(19(13)20)17(15)9-21/h4,10,13-21H,5-9H2,1-3H3/b11-4+,12-10+. The molecule has 0 aliphatic heterocycles. The van der Waals surface area contributed by atoms with Crippen molar-refractivity contribution in [2.45, 2.75) is 52.6 Å². The lowest BCUT2D eigenvalue weighted by molar-refractivity contribution is 0.0174. The molecule has 8 atom stereocenters. The SMILES string of the molecule is C/C=C(C)/C(C)=C/OC1CC2CC1C1C3CCC(C3CO)C21. The van der Waals surface area contributed by atoms with Crippen LogP contribution in [0.15, 0.2) is 23.5 Å². The summed E-state index contributed by atoms with van der Waals surface area (Å²) in [4.78, 5) is 0. The van der Waals surface area contributed by atoms with Crippen molar-refractivity contribution in [3.05, 3.63) is 23.5 Å². The molecule has 2 nitrogen and oxygen atoms in total. The van der Waals surface area contributed by atoms with E-state index < -0.39 is 0 Å². The Balaban J connectivity index is 1.48. The van der Waals surface area contributed by atoms with Crippen LogP contribution in [-0.2, 0) is 4.74 Å². The van der Waals surface area contributed by atoms with Gasteiger partial charge in [-0.1, -0.05) is 6.08 Å². The monoisotopic (exact) mass is 302 g/mol. The van der Waals surface area contributed by atoms with Gasteiger partial charge in [-0.05, 0) is 99.0 Å². The van der Waals surface area contributed by atoms with Gasteiger partial charge in [0.05, 0.1) is 6.26 Å². The number of aliphatic hydroxyl groups is 1. The summed E-state index contributed by atoms with van der Waals surface area (Å²) >= 11 is 0. The van der Waals surface area contributed by atoms with Gasteiger partial charge < -0.3 is 9.84 Å². The average Bonchev–Trinajstić information content (AvgIpc) is 3.27. The molecule has 22 heavy (non-hydrogen) atoms. The van der Waals surface area contributed by atoms with Crippen molar-refractivity contribution >= 4 is 0 Å². The molecule has 4 aliphatic carbocycles. The summed E-state index contributed by atoms with van der Waals surface area (Å²) in [6, 6.07) is 0. The minimum absolute atomic E-state index is 0.423. The number of hydrogen-bond donors (Lipinski definition) is 1. The fourth-order valence-electron chi connectivity index (χ4n) is 6.65. The van der Waals surface area contributed by atoms with Gasteiger partial charge in [-0.2, -0.15) is 0 Å². The largest absolute Gasteiger partial charge is 0.497 e. The smallest absolute Gasteiger partial charge is 0.101 e. The summed E-state index contributed by atoms with van der Waals surface area (Å²) in [7, 11) is 0. The lowest BCUT2D eigenvalue weighted by Crippen LogP contribution is -2.35. The van der Waals surface area contributed by atoms with Crippen molar-refractivity contribution in [3.8, 4) is 0 Å². The first-order valence-electron chi connectivity index (χ1n) is 9.22. The van der Waals surface area contributed by atoms with E-state index in [0.29, 0.717) is 18.6 Å². The summed E-state index contributed by atoms with van der Waals surface area (Å²) in [5, 5.41) is 9.78. The highest BCUT2D eigenvalue weighted by Gasteiger charge is 2.66. The Kier molecular flexibility index (Phi) is 3.64. The fraction of sp³-hybridized carbons (Fsp3) is 0.800. The predicted octanol–water partition coefficient (Wildman–Crippen LogP) is 4.16. The number of rotatable bonds is 4. The molecular weight excluding hydrogens is 272 g/mol. The molecule has 0 aromatic carbocycles. The Morgan fingerprint density at radius 2 is 1.77 bits per heavy atom. The van der Waals surface area contributed by atoms with Crippen molar-refractivity contribution < 1.29 is 9.84 Å². The summed E-state index contributed by atoms with van der Waals surface area (Å²) < 4.78 is 6.24. The van der Waals surface area contributed by atoms with E-state index >= 15 is 0 Å². The van der Waals surface area contributed by atoms with E-state index in [-0.39, 0.29) is 0 Å². The fourth-order valence-corrected chi connectivity index (χ4v) is 6.65. The molecule has 4 aliphatic rings. The van der Waals surface area contributed by atoms with Crippen LogP contribution in [0.2, 0.25) is 0 Å². The number of aliphatic hydroxyl groups excluding tert-OH is 1. The van der Waals surface area contributed by atoms with Crippen LogP contribution in [0.3, 0.4) is 0 Å². The van der Waals surface area contributed by atoms with Crippen LogP contribution in [0, 0.1) is 41.4 Å². The van der Waals surface area contributed by atoms with Gasteiger partial charge in [0.25, 0.3) is 0 Å². The minimum Gasteiger partial charge on any atom is -0.497 e. The van der Waals surface area contributed by atoms with Gasteiger partial charge >= 0.3 is 0 Å². The van der Waals surface area contributed by atoms with Crippen molar-refractivity contribution in [1.82, 2.24) is 0 Å². The van der Waals surface area contributed by atoms with Crippen LogP contribution in [-0.4, -0.2) is 17.8 Å². The highest BCUT2D eigenvalue weighted by molar-refractivity contribution is 5.24. The highest BCUT2D eigenvalue weighted by atomic mass is 16.5. The maximum Gasteiger partial charge on any atom is 0.101 e. The van der Waals surface area contributed by atoms with Crippen LogP contribution < -0.4 is 0 Å². The normalized spacial score (nSPS) is 49.8. The third-order valence-electron chi connectivity index (χ3n) is 7.68.